The van der Waals surface area contributed by atoms with Gasteiger partial charge in [-0.25, -0.2) is 4.39 Å². The van der Waals surface area contributed by atoms with Gasteiger partial charge in [0.05, 0.1) is 10.6 Å². The highest BCUT2D eigenvalue weighted by molar-refractivity contribution is 9.10. The van der Waals surface area contributed by atoms with Crippen LogP contribution >= 0.6 is 39.9 Å². The third-order valence-corrected chi connectivity index (χ3v) is 5.84. The quantitative estimate of drug-likeness (QED) is 0.350. The standard InChI is InChI=1S/C20H11BrFNOS2/c21-14-8-9-16(22)13(10-14)11-18-19(24)23(20(25)26-18)17-7-3-5-12-4-1-2-6-15(12)17/h1-11H. The molecule has 1 aliphatic heterocycles. The Balaban J connectivity index is 1.78. The number of halogens is 2. The van der Waals surface area contributed by atoms with Crippen LogP contribution in [0.1, 0.15) is 5.56 Å². The molecule has 3 aromatic rings. The van der Waals surface area contributed by atoms with Crippen LogP contribution in [0.15, 0.2) is 70.0 Å². The van der Waals surface area contributed by atoms with Gasteiger partial charge >= 0.3 is 0 Å². The number of carbonyl (C=O) groups is 1. The van der Waals surface area contributed by atoms with E-state index in [1.807, 2.05) is 42.5 Å². The molecule has 0 aliphatic carbocycles. The molecule has 2 nitrogen and oxygen atoms in total. The maximum atomic E-state index is 14.0. The number of rotatable bonds is 2. The van der Waals surface area contributed by atoms with Crippen LogP contribution in [0.4, 0.5) is 10.1 Å². The van der Waals surface area contributed by atoms with Gasteiger partial charge in [-0.05, 0) is 35.7 Å². The number of carbonyl (C=O) groups excluding carboxylic acids is 1. The van der Waals surface area contributed by atoms with Crippen LogP contribution in [0.25, 0.3) is 16.8 Å². The Morgan fingerprint density at radius 3 is 2.69 bits per heavy atom. The molecule has 0 aromatic heterocycles. The second-order valence-electron chi connectivity index (χ2n) is 5.68. The summed E-state index contributed by atoms with van der Waals surface area (Å²) >= 11 is 9.94. The van der Waals surface area contributed by atoms with Crippen LogP contribution in [0.3, 0.4) is 0 Å². The van der Waals surface area contributed by atoms with Crippen molar-refractivity contribution in [3.05, 3.63) is 81.4 Å². The monoisotopic (exact) mass is 443 g/mol. The lowest BCUT2D eigenvalue weighted by molar-refractivity contribution is -0.113. The number of thioether (sulfide) groups is 1. The lowest BCUT2D eigenvalue weighted by Crippen LogP contribution is -2.27. The third-order valence-electron chi connectivity index (χ3n) is 4.05. The summed E-state index contributed by atoms with van der Waals surface area (Å²) in [6, 6.07) is 18.2. The number of hydrogen-bond donors (Lipinski definition) is 0. The Labute approximate surface area is 167 Å². The molecule has 128 valence electrons. The van der Waals surface area contributed by atoms with Crippen molar-refractivity contribution in [1.82, 2.24) is 0 Å². The van der Waals surface area contributed by atoms with E-state index in [4.69, 9.17) is 12.2 Å². The van der Waals surface area contributed by atoms with Gasteiger partial charge in [-0.1, -0.05) is 76.3 Å². The maximum absolute atomic E-state index is 14.0. The summed E-state index contributed by atoms with van der Waals surface area (Å²) in [5, 5.41) is 1.97. The second kappa shape index (κ2) is 6.95. The van der Waals surface area contributed by atoms with Crippen molar-refractivity contribution in [1.29, 1.82) is 0 Å². The Kier molecular flexibility index (Phi) is 4.65. The molecule has 1 fully saturated rings. The number of thiocarbonyl (C=S) groups is 1. The largest absolute Gasteiger partial charge is 0.270 e. The summed E-state index contributed by atoms with van der Waals surface area (Å²) in [5.74, 6) is -0.626. The van der Waals surface area contributed by atoms with E-state index in [1.54, 1.807) is 18.2 Å². The summed E-state index contributed by atoms with van der Waals surface area (Å²) in [6.07, 6.45) is 1.55. The van der Waals surface area contributed by atoms with Gasteiger partial charge in [0.1, 0.15) is 5.82 Å². The summed E-state index contributed by atoms with van der Waals surface area (Å²) < 4.78 is 15.2. The van der Waals surface area contributed by atoms with Crippen molar-refractivity contribution in [2.24, 2.45) is 0 Å². The highest BCUT2D eigenvalue weighted by atomic mass is 79.9. The summed E-state index contributed by atoms with van der Waals surface area (Å²) in [6.45, 7) is 0. The molecule has 3 aromatic carbocycles. The zero-order valence-electron chi connectivity index (χ0n) is 13.3. The van der Waals surface area contributed by atoms with Crippen LogP contribution in [-0.2, 0) is 4.79 Å². The molecule has 1 aliphatic rings. The lowest BCUT2D eigenvalue weighted by Gasteiger charge is -2.17. The van der Waals surface area contributed by atoms with E-state index in [9.17, 15) is 9.18 Å². The topological polar surface area (TPSA) is 20.3 Å². The van der Waals surface area contributed by atoms with Gasteiger partial charge in [-0.3, -0.25) is 9.69 Å². The van der Waals surface area contributed by atoms with Gasteiger partial charge in [-0.15, -0.1) is 0 Å². The van der Waals surface area contributed by atoms with E-state index in [-0.39, 0.29) is 11.7 Å². The molecule has 1 amide bonds. The molecular formula is C20H11BrFNOS2. The SMILES string of the molecule is O=C1C(=Cc2cc(Br)ccc2F)SC(=S)N1c1cccc2ccccc12. The Morgan fingerprint density at radius 2 is 1.85 bits per heavy atom. The Hall–Kier alpha value is -2.02. The first-order valence-corrected chi connectivity index (χ1v) is 9.77. The van der Waals surface area contributed by atoms with Crippen molar-refractivity contribution in [3.8, 4) is 0 Å². The zero-order chi connectivity index (χ0) is 18.3. The van der Waals surface area contributed by atoms with Crippen LogP contribution in [0.5, 0.6) is 0 Å². The predicted molar refractivity (Wildman–Crippen MR) is 114 cm³/mol. The molecule has 0 N–H and O–H groups in total. The maximum Gasteiger partial charge on any atom is 0.270 e. The molecule has 1 saturated heterocycles. The Bertz CT molecular complexity index is 1090. The average Bonchev–Trinajstić information content (AvgIpc) is 2.91. The second-order valence-corrected chi connectivity index (χ2v) is 8.27. The first-order chi connectivity index (χ1) is 12.5. The van der Waals surface area contributed by atoms with Gasteiger partial charge in [-0.2, -0.15) is 0 Å². The summed E-state index contributed by atoms with van der Waals surface area (Å²) in [7, 11) is 0. The van der Waals surface area contributed by atoms with Crippen molar-refractivity contribution < 1.29 is 9.18 Å². The molecule has 0 spiro atoms. The normalized spacial score (nSPS) is 16.1. The number of hydrogen-bond acceptors (Lipinski definition) is 3. The predicted octanol–water partition coefficient (Wildman–Crippen LogP) is 6.15. The van der Waals surface area contributed by atoms with Crippen LogP contribution in [-0.4, -0.2) is 10.2 Å². The molecular weight excluding hydrogens is 433 g/mol. The molecule has 0 unspecified atom stereocenters. The fourth-order valence-electron chi connectivity index (χ4n) is 2.85. The van der Waals surface area contributed by atoms with Crippen molar-refractivity contribution in [3.63, 3.8) is 0 Å². The van der Waals surface area contributed by atoms with Crippen LogP contribution in [0.2, 0.25) is 0 Å². The van der Waals surface area contributed by atoms with Gasteiger partial charge in [0.15, 0.2) is 4.32 Å². The number of amides is 1. The van der Waals surface area contributed by atoms with Gasteiger partial charge in [0, 0.05) is 15.4 Å². The highest BCUT2D eigenvalue weighted by Crippen LogP contribution is 2.39. The minimum Gasteiger partial charge on any atom is -0.268 e. The third kappa shape index (κ3) is 3.09. The van der Waals surface area contributed by atoms with E-state index >= 15 is 0 Å². The molecule has 0 radical (unpaired) electrons. The first-order valence-electron chi connectivity index (χ1n) is 7.75. The number of fused-ring (bicyclic) bond motifs is 1. The fraction of sp³-hybridized carbons (Fsp3) is 0. The van der Waals surface area contributed by atoms with Crippen LogP contribution in [0, 0.1) is 5.82 Å². The van der Waals surface area contributed by atoms with Gasteiger partial charge < -0.3 is 0 Å². The number of anilines is 1. The van der Waals surface area contributed by atoms with E-state index in [2.05, 4.69) is 15.9 Å². The highest BCUT2D eigenvalue weighted by Gasteiger charge is 2.34. The van der Waals surface area contributed by atoms with Crippen molar-refractivity contribution in [2.75, 3.05) is 4.90 Å². The number of nitrogens with zero attached hydrogens (tertiary/aromatic N) is 1. The molecule has 4 rings (SSSR count). The van der Waals surface area contributed by atoms with Crippen molar-refractivity contribution >= 4 is 72.7 Å². The smallest absolute Gasteiger partial charge is 0.268 e. The molecule has 26 heavy (non-hydrogen) atoms. The zero-order valence-corrected chi connectivity index (χ0v) is 16.5. The summed E-state index contributed by atoms with van der Waals surface area (Å²) in [5.41, 5.74) is 1.08. The molecule has 1 heterocycles. The van der Waals surface area contributed by atoms with E-state index in [0.717, 1.165) is 20.9 Å². The molecule has 6 heteroatoms. The summed E-state index contributed by atoms with van der Waals surface area (Å²) in [4.78, 5) is 14.9. The minimum absolute atomic E-state index is 0.240. The molecule has 0 atom stereocenters. The average molecular weight is 444 g/mol. The van der Waals surface area contributed by atoms with Gasteiger partial charge in [0.25, 0.3) is 5.91 Å². The Morgan fingerprint density at radius 1 is 1.08 bits per heavy atom. The van der Waals surface area contributed by atoms with E-state index in [1.165, 1.54) is 22.7 Å². The lowest BCUT2D eigenvalue weighted by atomic mass is 10.1. The van der Waals surface area contributed by atoms with Gasteiger partial charge in [0.2, 0.25) is 0 Å². The molecule has 0 bridgehead atoms. The van der Waals surface area contributed by atoms with Crippen LogP contribution < -0.4 is 4.90 Å². The van der Waals surface area contributed by atoms with Crippen molar-refractivity contribution in [2.45, 2.75) is 0 Å². The van der Waals surface area contributed by atoms with E-state index < -0.39 is 0 Å². The fourth-order valence-corrected chi connectivity index (χ4v) is 4.50. The van der Waals surface area contributed by atoms with E-state index in [0.29, 0.717) is 14.8 Å². The minimum atomic E-state index is -0.386. The first kappa shape index (κ1) is 17.4. The molecule has 0 saturated carbocycles. The number of benzene rings is 3.